The van der Waals surface area contributed by atoms with Gasteiger partial charge in [0.25, 0.3) is 5.56 Å². The van der Waals surface area contributed by atoms with Gasteiger partial charge in [0.15, 0.2) is 17.5 Å². The van der Waals surface area contributed by atoms with Gasteiger partial charge in [-0.25, -0.2) is 13.2 Å². The molecule has 6 nitrogen and oxygen atoms in total. The molecule has 0 aliphatic rings. The molecule has 1 heterocycles. The summed E-state index contributed by atoms with van der Waals surface area (Å²) in [5.74, 6) is -4.96. The summed E-state index contributed by atoms with van der Waals surface area (Å²) in [4.78, 5) is 13.4. The number of aromatic hydroxyl groups is 2. The van der Waals surface area contributed by atoms with Crippen LogP contribution in [0.4, 0.5) is 13.2 Å². The van der Waals surface area contributed by atoms with Crippen molar-refractivity contribution in [1.82, 2.24) is 4.57 Å². The molecule has 0 saturated heterocycles. The Morgan fingerprint density at radius 3 is 2.16 bits per heavy atom. The van der Waals surface area contributed by atoms with Crippen molar-refractivity contribution in [2.24, 2.45) is 0 Å². The van der Waals surface area contributed by atoms with E-state index in [1.54, 1.807) is 0 Å². The highest BCUT2D eigenvalue weighted by atomic mass is 19.2. The lowest BCUT2D eigenvalue weighted by molar-refractivity contribution is 0.357. The monoisotopic (exact) mass is 440 g/mol. The first-order valence-corrected chi connectivity index (χ1v) is 9.26. The van der Waals surface area contributed by atoms with Crippen LogP contribution in [-0.2, 0) is 0 Å². The molecule has 0 atom stereocenters. The molecule has 0 aliphatic heterocycles. The Labute approximate surface area is 178 Å². The number of pyridine rings is 1. The molecule has 162 valence electrons. The lowest BCUT2D eigenvalue weighted by atomic mass is 9.95. The topological polar surface area (TPSA) is 107 Å². The van der Waals surface area contributed by atoms with Gasteiger partial charge in [0.05, 0.1) is 17.7 Å². The zero-order chi connectivity index (χ0) is 23.2. The standard InChI is InChI=1S/C23H15F3N2O4/c24-18-5-11(6-19(25)22(18)26)17-9-28(12-1-3-13(30)4-2-12)23(32)21-15(17)7-14(31)8-16(21)20(27)10-29/h1-9,27,29-31H,10H2. The van der Waals surface area contributed by atoms with Crippen molar-refractivity contribution in [3.63, 3.8) is 0 Å². The molecule has 4 N–H and O–H groups in total. The minimum atomic E-state index is -1.66. The molecule has 0 saturated carbocycles. The molecule has 4 aromatic rings. The number of phenolic OH excluding ortho intramolecular Hbond substituents is 2. The van der Waals surface area contributed by atoms with E-state index in [9.17, 15) is 33.3 Å². The van der Waals surface area contributed by atoms with E-state index in [-0.39, 0.29) is 50.4 Å². The lowest BCUT2D eigenvalue weighted by Gasteiger charge is -2.16. The van der Waals surface area contributed by atoms with Crippen molar-refractivity contribution in [2.75, 3.05) is 6.61 Å². The second kappa shape index (κ2) is 7.86. The first-order chi connectivity index (χ1) is 15.2. The SMILES string of the molecule is N=C(CO)c1cc(O)cc2c(-c3cc(F)c(F)c(F)c3)cn(-c3ccc(O)cc3)c(=O)c12. The summed E-state index contributed by atoms with van der Waals surface area (Å²) in [6.07, 6.45) is 1.26. The van der Waals surface area contributed by atoms with Gasteiger partial charge in [-0.05, 0) is 54.1 Å². The summed E-state index contributed by atoms with van der Waals surface area (Å²) in [7, 11) is 0. The maximum absolute atomic E-state index is 14.0. The Hall–Kier alpha value is -4.11. The number of halogens is 3. The number of rotatable bonds is 4. The Balaban J connectivity index is 2.19. The highest BCUT2D eigenvalue weighted by Crippen LogP contribution is 2.34. The van der Waals surface area contributed by atoms with Crippen molar-refractivity contribution in [3.05, 3.63) is 88.1 Å². The van der Waals surface area contributed by atoms with Crippen LogP contribution in [0.25, 0.3) is 27.6 Å². The highest BCUT2D eigenvalue weighted by Gasteiger charge is 2.20. The minimum absolute atomic E-state index is 0.0450. The van der Waals surface area contributed by atoms with Gasteiger partial charge < -0.3 is 20.7 Å². The molecule has 0 bridgehead atoms. The van der Waals surface area contributed by atoms with Crippen LogP contribution in [0.2, 0.25) is 0 Å². The number of nitrogens with zero attached hydrogens (tertiary/aromatic N) is 1. The molecule has 0 spiro atoms. The molecule has 1 aromatic heterocycles. The fourth-order valence-electron chi connectivity index (χ4n) is 3.52. The van der Waals surface area contributed by atoms with Crippen molar-refractivity contribution < 1.29 is 28.5 Å². The van der Waals surface area contributed by atoms with E-state index < -0.39 is 29.6 Å². The number of phenols is 2. The molecule has 0 unspecified atom stereocenters. The van der Waals surface area contributed by atoms with Gasteiger partial charge in [0, 0.05) is 28.4 Å². The summed E-state index contributed by atoms with van der Waals surface area (Å²) in [5.41, 5.74) is -0.863. The Morgan fingerprint density at radius 2 is 1.56 bits per heavy atom. The molecule has 0 radical (unpaired) electrons. The third-order valence-electron chi connectivity index (χ3n) is 5.01. The summed E-state index contributed by atoms with van der Waals surface area (Å²) in [6.45, 7) is -0.735. The van der Waals surface area contributed by atoms with E-state index in [4.69, 9.17) is 5.41 Å². The largest absolute Gasteiger partial charge is 0.508 e. The van der Waals surface area contributed by atoms with Crippen LogP contribution in [0.15, 0.2) is 59.5 Å². The zero-order valence-electron chi connectivity index (χ0n) is 16.2. The average molecular weight is 440 g/mol. The first-order valence-electron chi connectivity index (χ1n) is 9.26. The third kappa shape index (κ3) is 3.48. The fourth-order valence-corrected chi connectivity index (χ4v) is 3.52. The van der Waals surface area contributed by atoms with E-state index in [0.717, 1.165) is 22.8 Å². The summed E-state index contributed by atoms with van der Waals surface area (Å²) < 4.78 is 42.6. The third-order valence-corrected chi connectivity index (χ3v) is 5.01. The van der Waals surface area contributed by atoms with Crippen LogP contribution in [0.1, 0.15) is 5.56 Å². The Kier molecular flexibility index (Phi) is 5.19. The summed E-state index contributed by atoms with van der Waals surface area (Å²) in [6, 6.07) is 9.32. The maximum Gasteiger partial charge on any atom is 0.263 e. The van der Waals surface area contributed by atoms with E-state index in [2.05, 4.69) is 0 Å². The predicted molar refractivity (Wildman–Crippen MR) is 112 cm³/mol. The molecule has 32 heavy (non-hydrogen) atoms. The molecule has 4 rings (SSSR count). The zero-order valence-corrected chi connectivity index (χ0v) is 16.2. The van der Waals surface area contributed by atoms with Crippen molar-refractivity contribution in [1.29, 1.82) is 5.41 Å². The van der Waals surface area contributed by atoms with E-state index in [1.807, 2.05) is 0 Å². The van der Waals surface area contributed by atoms with Crippen LogP contribution in [0.3, 0.4) is 0 Å². The van der Waals surface area contributed by atoms with Gasteiger partial charge in [0.1, 0.15) is 11.5 Å². The molecule has 0 amide bonds. The predicted octanol–water partition coefficient (Wildman–Crippen LogP) is 3.85. The number of benzene rings is 3. The van der Waals surface area contributed by atoms with Gasteiger partial charge in [-0.1, -0.05) is 0 Å². The Bertz CT molecular complexity index is 1420. The maximum atomic E-state index is 14.0. The number of aliphatic hydroxyl groups is 1. The van der Waals surface area contributed by atoms with Gasteiger partial charge in [-0.2, -0.15) is 0 Å². The average Bonchev–Trinajstić information content (AvgIpc) is 2.77. The molecule has 0 fully saturated rings. The number of hydrogen-bond donors (Lipinski definition) is 4. The first kappa shape index (κ1) is 21.1. The number of aromatic nitrogens is 1. The van der Waals surface area contributed by atoms with Gasteiger partial charge in [0.2, 0.25) is 0 Å². The fraction of sp³-hybridized carbons (Fsp3) is 0.0435. The molecular weight excluding hydrogens is 425 g/mol. The Morgan fingerprint density at radius 1 is 0.938 bits per heavy atom. The highest BCUT2D eigenvalue weighted by molar-refractivity contribution is 6.13. The molecule has 3 aromatic carbocycles. The van der Waals surface area contributed by atoms with Crippen molar-refractivity contribution in [2.45, 2.75) is 0 Å². The number of hydrogen-bond acceptors (Lipinski definition) is 5. The second-order valence-electron chi connectivity index (χ2n) is 7.04. The number of fused-ring (bicyclic) bond motifs is 1. The van der Waals surface area contributed by atoms with Crippen LogP contribution >= 0.6 is 0 Å². The van der Waals surface area contributed by atoms with Crippen molar-refractivity contribution >= 4 is 16.5 Å². The quantitative estimate of drug-likeness (QED) is 0.286. The van der Waals surface area contributed by atoms with Gasteiger partial charge in [-0.3, -0.25) is 9.36 Å². The van der Waals surface area contributed by atoms with Crippen LogP contribution < -0.4 is 5.56 Å². The molecule has 9 heteroatoms. The lowest BCUT2D eigenvalue weighted by Crippen LogP contribution is -2.21. The van der Waals surface area contributed by atoms with E-state index in [1.165, 1.54) is 36.5 Å². The van der Waals surface area contributed by atoms with Crippen LogP contribution in [0, 0.1) is 22.9 Å². The minimum Gasteiger partial charge on any atom is -0.508 e. The van der Waals surface area contributed by atoms with Gasteiger partial charge in [-0.15, -0.1) is 0 Å². The van der Waals surface area contributed by atoms with Crippen LogP contribution in [-0.4, -0.2) is 32.2 Å². The number of nitrogens with one attached hydrogen (secondary N) is 1. The number of aliphatic hydroxyl groups excluding tert-OH is 1. The van der Waals surface area contributed by atoms with Gasteiger partial charge >= 0.3 is 0 Å². The van der Waals surface area contributed by atoms with Crippen LogP contribution in [0.5, 0.6) is 11.5 Å². The normalized spacial score (nSPS) is 11.1. The second-order valence-corrected chi connectivity index (χ2v) is 7.04. The smallest absolute Gasteiger partial charge is 0.263 e. The summed E-state index contributed by atoms with van der Waals surface area (Å²) >= 11 is 0. The van der Waals surface area contributed by atoms with Crippen molar-refractivity contribution in [3.8, 4) is 28.3 Å². The molecule has 0 aliphatic carbocycles. The summed E-state index contributed by atoms with van der Waals surface area (Å²) in [5, 5.41) is 37.1. The van der Waals surface area contributed by atoms with E-state index in [0.29, 0.717) is 0 Å². The van der Waals surface area contributed by atoms with E-state index >= 15 is 0 Å². The molecular formula is C23H15F3N2O4.